The van der Waals surface area contributed by atoms with E-state index in [4.69, 9.17) is 9.29 Å². The Morgan fingerprint density at radius 3 is 2.54 bits per heavy atom. The Bertz CT molecular complexity index is 686. The van der Waals surface area contributed by atoms with E-state index in [9.17, 15) is 9.00 Å². The highest BCUT2D eigenvalue weighted by molar-refractivity contribution is 8.02. The van der Waals surface area contributed by atoms with Crippen molar-refractivity contribution in [3.8, 4) is 0 Å². The van der Waals surface area contributed by atoms with E-state index in [1.165, 1.54) is 0 Å². The third-order valence-corrected chi connectivity index (χ3v) is 4.76. The summed E-state index contributed by atoms with van der Waals surface area (Å²) in [6.45, 7) is 7.52. The summed E-state index contributed by atoms with van der Waals surface area (Å²) in [5, 5.41) is 8.53. The van der Waals surface area contributed by atoms with Gasteiger partial charge in [0.1, 0.15) is 5.60 Å². The number of carbonyl (C=O) groups excluding carboxylic acids is 1. The van der Waals surface area contributed by atoms with Crippen LogP contribution in [0.4, 0.5) is 10.5 Å². The minimum Gasteiger partial charge on any atom is -0.444 e. The number of rotatable bonds is 6. The molecule has 1 aromatic rings. The van der Waals surface area contributed by atoms with Crippen LogP contribution in [0.15, 0.2) is 35.4 Å². The second-order valence-electron chi connectivity index (χ2n) is 6.95. The molecule has 9 heteroatoms. The third kappa shape index (κ3) is 6.89. The molecule has 1 aliphatic heterocycles. The molecule has 2 unspecified atom stereocenters. The Morgan fingerprint density at radius 2 is 2.04 bits per heavy atom. The summed E-state index contributed by atoms with van der Waals surface area (Å²) in [4.78, 5) is 12.2. The molecule has 0 radical (unpaired) electrons. The third-order valence-electron chi connectivity index (χ3n) is 3.43. The van der Waals surface area contributed by atoms with Crippen molar-refractivity contribution in [3.63, 3.8) is 0 Å². The molecule has 1 aromatic carbocycles. The first-order valence-electron chi connectivity index (χ1n) is 8.20. The van der Waals surface area contributed by atoms with Gasteiger partial charge in [0.25, 0.3) is 11.3 Å². The average molecular weight is 400 g/mol. The van der Waals surface area contributed by atoms with Gasteiger partial charge in [-0.3, -0.25) is 9.27 Å². The number of benzene rings is 1. The molecule has 1 heterocycles. The highest BCUT2D eigenvalue weighted by Gasteiger charge is 2.25. The molecule has 0 saturated heterocycles. The fraction of sp³-hybridized carbons (Fsp3) is 0.471. The van der Waals surface area contributed by atoms with Crippen LogP contribution in [0.25, 0.3) is 0 Å². The topological polar surface area (TPSA) is 99.7 Å². The van der Waals surface area contributed by atoms with Gasteiger partial charge in [-0.05, 0) is 57.2 Å². The van der Waals surface area contributed by atoms with Crippen LogP contribution < -0.4 is 15.4 Å². The zero-order valence-corrected chi connectivity index (χ0v) is 16.9. The number of ether oxygens (including phenoxy) is 1. The predicted octanol–water partition coefficient (Wildman–Crippen LogP) is 3.19. The molecule has 0 spiro atoms. The quantitative estimate of drug-likeness (QED) is 0.548. The fourth-order valence-electron chi connectivity index (χ4n) is 2.39. The molecular formula is C17H25N3O4S2. The maximum atomic E-state index is 12.2. The van der Waals surface area contributed by atoms with Crippen LogP contribution in [0.5, 0.6) is 0 Å². The first-order chi connectivity index (χ1) is 12.1. The number of alkyl carbamates (subject to hydrolysis) is 1. The Morgan fingerprint density at radius 1 is 1.38 bits per heavy atom. The molecule has 1 amide bonds. The van der Waals surface area contributed by atoms with E-state index in [-0.39, 0.29) is 11.4 Å². The Balaban J connectivity index is 2.08. The summed E-state index contributed by atoms with van der Waals surface area (Å²) < 4.78 is 27.4. The molecule has 0 aliphatic carbocycles. The normalized spacial score (nSPS) is 19.1. The summed E-state index contributed by atoms with van der Waals surface area (Å²) in [6, 6.07) is 6.90. The van der Waals surface area contributed by atoms with Crippen molar-refractivity contribution in [2.45, 2.75) is 51.1 Å². The second-order valence-corrected chi connectivity index (χ2v) is 8.86. The molecule has 3 atom stereocenters. The molecule has 7 nitrogen and oxygen atoms in total. The minimum absolute atomic E-state index is 0.249. The summed E-state index contributed by atoms with van der Waals surface area (Å²) >= 11 is -0.446. The smallest absolute Gasteiger partial charge is 0.408 e. The molecule has 144 valence electrons. The van der Waals surface area contributed by atoms with Crippen molar-refractivity contribution in [2.75, 3.05) is 4.72 Å². The van der Waals surface area contributed by atoms with Gasteiger partial charge in [-0.2, -0.15) is 0 Å². The summed E-state index contributed by atoms with van der Waals surface area (Å²) in [7, 11) is 0. The lowest BCUT2D eigenvalue weighted by molar-refractivity contribution is 0.0510. The van der Waals surface area contributed by atoms with E-state index in [2.05, 4.69) is 15.4 Å². The van der Waals surface area contributed by atoms with Crippen molar-refractivity contribution in [1.29, 1.82) is 0 Å². The van der Waals surface area contributed by atoms with E-state index >= 15 is 0 Å². The van der Waals surface area contributed by atoms with E-state index in [0.29, 0.717) is 12.1 Å². The van der Waals surface area contributed by atoms with Gasteiger partial charge >= 0.3 is 6.09 Å². The molecule has 4 N–H and O–H groups in total. The lowest BCUT2D eigenvalue weighted by Gasteiger charge is -2.25. The van der Waals surface area contributed by atoms with Crippen LogP contribution in [0.3, 0.4) is 0 Å². The minimum atomic E-state index is -2.10. The summed E-state index contributed by atoms with van der Waals surface area (Å²) in [5.74, 6) is 0. The number of thioether (sulfide) groups is 1. The molecule has 0 bridgehead atoms. The van der Waals surface area contributed by atoms with Gasteiger partial charge in [-0.15, -0.1) is 11.8 Å². The first kappa shape index (κ1) is 20.6. The van der Waals surface area contributed by atoms with Crippen molar-refractivity contribution in [2.24, 2.45) is 0 Å². The Hall–Kier alpha value is -1.71. The highest BCUT2D eigenvalue weighted by Crippen LogP contribution is 2.24. The van der Waals surface area contributed by atoms with Crippen LogP contribution in [-0.2, 0) is 22.4 Å². The lowest BCUT2D eigenvalue weighted by atomic mass is 10.0. The molecule has 0 aromatic heterocycles. The van der Waals surface area contributed by atoms with E-state index in [1.807, 2.05) is 45.2 Å². The van der Waals surface area contributed by atoms with Crippen molar-refractivity contribution >= 4 is 34.8 Å². The molecule has 1 aliphatic rings. The van der Waals surface area contributed by atoms with Crippen LogP contribution in [-0.4, -0.2) is 31.9 Å². The van der Waals surface area contributed by atoms with E-state index < -0.39 is 23.0 Å². The summed E-state index contributed by atoms with van der Waals surface area (Å²) in [5.41, 5.74) is 1.90. The maximum Gasteiger partial charge on any atom is 0.408 e. The average Bonchev–Trinajstić information content (AvgIpc) is 2.92. The first-order valence-corrected chi connectivity index (χ1v) is 10.3. The largest absolute Gasteiger partial charge is 0.444 e. The van der Waals surface area contributed by atoms with Gasteiger partial charge in [0, 0.05) is 11.4 Å². The van der Waals surface area contributed by atoms with Gasteiger partial charge in [-0.1, -0.05) is 12.1 Å². The Labute approximate surface area is 160 Å². The maximum absolute atomic E-state index is 12.2. The molecule has 26 heavy (non-hydrogen) atoms. The van der Waals surface area contributed by atoms with Crippen molar-refractivity contribution in [1.82, 2.24) is 10.6 Å². The molecule has 0 saturated carbocycles. The second kappa shape index (κ2) is 8.79. The van der Waals surface area contributed by atoms with Crippen molar-refractivity contribution in [3.05, 3.63) is 40.9 Å². The number of anilines is 1. The van der Waals surface area contributed by atoms with Gasteiger partial charge in [0.2, 0.25) is 0 Å². The van der Waals surface area contributed by atoms with Crippen molar-refractivity contribution < 1.29 is 18.3 Å². The monoisotopic (exact) mass is 399 g/mol. The number of nitrogens with one attached hydrogen (secondary N) is 3. The highest BCUT2D eigenvalue weighted by atomic mass is 32.2. The number of amides is 1. The van der Waals surface area contributed by atoms with Gasteiger partial charge < -0.3 is 15.4 Å². The molecule has 2 rings (SSSR count). The van der Waals surface area contributed by atoms with Gasteiger partial charge in [0.05, 0.1) is 11.4 Å². The van der Waals surface area contributed by atoms with Crippen LogP contribution in [0.2, 0.25) is 0 Å². The standard InChI is InChI=1S/C17H25N3O4S2/c1-11-18-15(10-25-11)14(19-16(21)24-17(2,3)4)9-12-5-7-13(8-6-12)20-26(22)23/h5-8,10-11,14,18,20H,9H2,1-4H3,(H,19,21)(H,22,23)/t11?,14-/m0/s1. The number of hydrogen-bond donors (Lipinski definition) is 4. The molecule has 0 fully saturated rings. The van der Waals surface area contributed by atoms with Crippen LogP contribution in [0.1, 0.15) is 33.3 Å². The van der Waals surface area contributed by atoms with Gasteiger partial charge in [0.15, 0.2) is 0 Å². The Kier molecular flexibility index (Phi) is 6.96. The number of carbonyl (C=O) groups is 1. The summed E-state index contributed by atoms with van der Waals surface area (Å²) in [6.07, 6.45) is 0.0946. The van der Waals surface area contributed by atoms with Crippen LogP contribution >= 0.6 is 11.8 Å². The number of hydrogen-bond acceptors (Lipinski definition) is 5. The van der Waals surface area contributed by atoms with E-state index in [1.54, 1.807) is 23.9 Å². The van der Waals surface area contributed by atoms with Gasteiger partial charge in [-0.25, -0.2) is 9.00 Å². The predicted molar refractivity (Wildman–Crippen MR) is 106 cm³/mol. The lowest BCUT2D eigenvalue weighted by Crippen LogP contribution is -2.44. The zero-order valence-electron chi connectivity index (χ0n) is 15.2. The van der Waals surface area contributed by atoms with Crippen LogP contribution in [0, 0.1) is 0 Å². The SMILES string of the molecule is CC1NC([C@H](Cc2ccc(NS(=O)O)cc2)NC(=O)OC(C)(C)C)=CS1. The fourth-order valence-corrected chi connectivity index (χ4v) is 3.52. The zero-order chi connectivity index (χ0) is 19.3. The van der Waals surface area contributed by atoms with E-state index in [0.717, 1.165) is 11.3 Å². The molecular weight excluding hydrogens is 374 g/mol.